The van der Waals surface area contributed by atoms with E-state index in [0.29, 0.717) is 28.8 Å². The smallest absolute Gasteiger partial charge is 0.270 e. The van der Waals surface area contributed by atoms with Crippen molar-refractivity contribution in [1.29, 1.82) is 0 Å². The molecule has 1 aromatic rings. The minimum atomic E-state index is -0.169. The summed E-state index contributed by atoms with van der Waals surface area (Å²) in [6, 6.07) is 0. The molecule has 0 aliphatic carbocycles. The van der Waals surface area contributed by atoms with Crippen LogP contribution in [0.3, 0.4) is 0 Å². The van der Waals surface area contributed by atoms with E-state index in [2.05, 4.69) is 15.3 Å². The Morgan fingerprint density at radius 3 is 3.00 bits per heavy atom. The minimum Gasteiger partial charge on any atom is -0.346 e. The van der Waals surface area contributed by atoms with Gasteiger partial charge in [-0.15, -0.1) is 0 Å². The van der Waals surface area contributed by atoms with E-state index in [1.165, 1.54) is 0 Å². The first-order valence-corrected chi connectivity index (χ1v) is 3.87. The van der Waals surface area contributed by atoms with E-state index in [1.54, 1.807) is 6.92 Å². The number of nitrogens with one attached hydrogen (secondary N) is 1. The third kappa shape index (κ3) is 0.956. The van der Waals surface area contributed by atoms with Crippen molar-refractivity contribution in [2.45, 2.75) is 13.5 Å². The zero-order valence-electron chi connectivity index (χ0n) is 6.39. The van der Waals surface area contributed by atoms with Crippen LogP contribution in [0.2, 0.25) is 5.15 Å². The van der Waals surface area contributed by atoms with E-state index in [1.807, 2.05) is 0 Å². The normalized spacial score (nSPS) is 14.3. The van der Waals surface area contributed by atoms with Gasteiger partial charge in [-0.05, 0) is 6.92 Å². The second-order valence-electron chi connectivity index (χ2n) is 2.57. The molecule has 5 heteroatoms. The molecule has 1 amide bonds. The second-order valence-corrected chi connectivity index (χ2v) is 2.93. The zero-order chi connectivity index (χ0) is 8.72. The van der Waals surface area contributed by atoms with E-state index in [9.17, 15) is 4.79 Å². The van der Waals surface area contributed by atoms with Gasteiger partial charge in [0.15, 0.2) is 0 Å². The molecule has 0 unspecified atom stereocenters. The number of hydrogen-bond acceptors (Lipinski definition) is 3. The first kappa shape index (κ1) is 7.49. The summed E-state index contributed by atoms with van der Waals surface area (Å²) in [5.41, 5.74) is 1.11. The van der Waals surface area contributed by atoms with Crippen molar-refractivity contribution in [3.63, 3.8) is 0 Å². The van der Waals surface area contributed by atoms with Crippen molar-refractivity contribution in [3.8, 4) is 0 Å². The van der Waals surface area contributed by atoms with Crippen molar-refractivity contribution in [2.75, 3.05) is 0 Å². The van der Waals surface area contributed by atoms with Crippen LogP contribution in [0, 0.1) is 6.92 Å². The monoisotopic (exact) mass is 183 g/mol. The highest BCUT2D eigenvalue weighted by Gasteiger charge is 2.23. The third-order valence-corrected chi connectivity index (χ3v) is 2.02. The van der Waals surface area contributed by atoms with Crippen molar-refractivity contribution in [2.24, 2.45) is 0 Å². The Labute approximate surface area is 74.0 Å². The van der Waals surface area contributed by atoms with Crippen molar-refractivity contribution >= 4 is 17.5 Å². The third-order valence-electron chi connectivity index (χ3n) is 1.71. The molecule has 1 aliphatic heterocycles. The summed E-state index contributed by atoms with van der Waals surface area (Å²) in [5.74, 6) is 0.355. The van der Waals surface area contributed by atoms with Gasteiger partial charge in [0.05, 0.1) is 0 Å². The van der Waals surface area contributed by atoms with Crippen molar-refractivity contribution in [3.05, 3.63) is 22.2 Å². The summed E-state index contributed by atoms with van der Waals surface area (Å²) in [7, 11) is 0. The second kappa shape index (κ2) is 2.42. The fourth-order valence-corrected chi connectivity index (χ4v) is 1.44. The van der Waals surface area contributed by atoms with Crippen LogP contribution in [0.5, 0.6) is 0 Å². The van der Waals surface area contributed by atoms with Crippen molar-refractivity contribution in [1.82, 2.24) is 15.3 Å². The molecule has 1 N–H and O–H groups in total. The molecule has 0 atom stereocenters. The molecule has 12 heavy (non-hydrogen) atoms. The minimum absolute atomic E-state index is 0.169. The highest BCUT2D eigenvalue weighted by atomic mass is 35.5. The molecule has 1 aliphatic rings. The summed E-state index contributed by atoms with van der Waals surface area (Å²) < 4.78 is 0. The van der Waals surface area contributed by atoms with Gasteiger partial charge in [0.25, 0.3) is 5.91 Å². The van der Waals surface area contributed by atoms with E-state index in [4.69, 9.17) is 11.6 Å². The molecular formula is C7H6ClN3O. The number of nitrogens with zero attached hydrogens (tertiary/aromatic N) is 2. The van der Waals surface area contributed by atoms with Crippen LogP contribution in [0.25, 0.3) is 0 Å². The lowest BCUT2D eigenvalue weighted by Crippen LogP contribution is -2.13. The number of halogens is 1. The number of rotatable bonds is 0. The van der Waals surface area contributed by atoms with Gasteiger partial charge in [0, 0.05) is 12.1 Å². The zero-order valence-corrected chi connectivity index (χ0v) is 7.14. The summed E-state index contributed by atoms with van der Waals surface area (Å²) in [6.07, 6.45) is 0. The highest BCUT2D eigenvalue weighted by molar-refractivity contribution is 6.30. The lowest BCUT2D eigenvalue weighted by molar-refractivity contribution is 0.0961. The molecule has 0 bridgehead atoms. The fraction of sp³-hybridized carbons (Fsp3) is 0.286. The Morgan fingerprint density at radius 1 is 1.50 bits per heavy atom. The molecule has 0 radical (unpaired) electrons. The Morgan fingerprint density at radius 2 is 2.25 bits per heavy atom. The molecular weight excluding hydrogens is 178 g/mol. The summed E-state index contributed by atoms with van der Waals surface area (Å²) in [4.78, 5) is 19.0. The van der Waals surface area contributed by atoms with Gasteiger partial charge >= 0.3 is 0 Å². The van der Waals surface area contributed by atoms with Gasteiger partial charge in [0.2, 0.25) is 0 Å². The van der Waals surface area contributed by atoms with E-state index in [0.717, 1.165) is 0 Å². The Bertz CT molecular complexity index is 364. The first-order valence-electron chi connectivity index (χ1n) is 3.49. The molecule has 2 heterocycles. The maximum absolute atomic E-state index is 11.1. The number of carbonyl (C=O) groups is 1. The van der Waals surface area contributed by atoms with Gasteiger partial charge in [-0.1, -0.05) is 11.6 Å². The molecule has 0 fully saturated rings. The largest absolute Gasteiger partial charge is 0.346 e. The predicted octanol–water partition coefficient (Wildman–Crippen LogP) is 0.682. The van der Waals surface area contributed by atoms with Gasteiger partial charge in [0.1, 0.15) is 16.7 Å². The number of aromatic nitrogens is 2. The van der Waals surface area contributed by atoms with Crippen LogP contribution in [-0.4, -0.2) is 15.9 Å². The van der Waals surface area contributed by atoms with Crippen LogP contribution in [0.4, 0.5) is 0 Å². The quantitative estimate of drug-likeness (QED) is 0.602. The van der Waals surface area contributed by atoms with E-state index >= 15 is 0 Å². The molecule has 0 saturated carbocycles. The maximum atomic E-state index is 11.1. The Balaban J connectivity index is 2.68. The van der Waals surface area contributed by atoms with Crippen LogP contribution >= 0.6 is 11.6 Å². The van der Waals surface area contributed by atoms with Crippen molar-refractivity contribution < 1.29 is 4.79 Å². The molecule has 4 nitrogen and oxygen atoms in total. The summed E-state index contributed by atoms with van der Waals surface area (Å²) >= 11 is 5.80. The van der Waals surface area contributed by atoms with Crippen LogP contribution < -0.4 is 5.32 Å². The predicted molar refractivity (Wildman–Crippen MR) is 42.9 cm³/mol. The average molecular weight is 184 g/mol. The van der Waals surface area contributed by atoms with Crippen LogP contribution in [0.1, 0.15) is 21.9 Å². The lowest BCUT2D eigenvalue weighted by atomic mass is 10.3. The Kier molecular flexibility index (Phi) is 1.51. The number of amides is 1. The van der Waals surface area contributed by atoms with Crippen LogP contribution in [-0.2, 0) is 6.54 Å². The molecule has 0 aromatic carbocycles. The van der Waals surface area contributed by atoms with Gasteiger partial charge in [-0.2, -0.15) is 0 Å². The van der Waals surface area contributed by atoms with Gasteiger partial charge in [-0.25, -0.2) is 9.97 Å². The van der Waals surface area contributed by atoms with Gasteiger partial charge < -0.3 is 5.32 Å². The molecule has 0 spiro atoms. The highest BCUT2D eigenvalue weighted by Crippen LogP contribution is 2.20. The molecule has 1 aromatic heterocycles. The lowest BCUT2D eigenvalue weighted by Gasteiger charge is -1.98. The van der Waals surface area contributed by atoms with Gasteiger partial charge in [-0.3, -0.25) is 4.79 Å². The number of aryl methyl sites for hydroxylation is 1. The first-order chi connectivity index (χ1) is 5.68. The number of carbonyl (C=O) groups excluding carboxylic acids is 1. The average Bonchev–Trinajstić information content (AvgIpc) is 2.33. The topological polar surface area (TPSA) is 54.9 Å². The van der Waals surface area contributed by atoms with E-state index in [-0.39, 0.29) is 5.91 Å². The number of fused-ring (bicyclic) bond motifs is 1. The molecule has 0 saturated heterocycles. The molecule has 2 rings (SSSR count). The Hall–Kier alpha value is -1.16. The van der Waals surface area contributed by atoms with E-state index < -0.39 is 0 Å². The van der Waals surface area contributed by atoms with Crippen LogP contribution in [0.15, 0.2) is 0 Å². The number of hydrogen-bond donors (Lipinski definition) is 1. The standard InChI is InChI=1S/C7H6ClN3O/c1-3-10-5-4(6(8)11-3)2-9-7(5)12/h2H2,1H3,(H,9,12). The SMILES string of the molecule is Cc1nc(Cl)c2c(n1)C(=O)NC2. The summed E-state index contributed by atoms with van der Waals surface area (Å²) in [6.45, 7) is 2.14. The molecule has 62 valence electrons. The summed E-state index contributed by atoms with van der Waals surface area (Å²) in [5, 5.41) is 3.00. The maximum Gasteiger partial charge on any atom is 0.270 e. The fourth-order valence-electron chi connectivity index (χ4n) is 1.16.